The van der Waals surface area contributed by atoms with Crippen molar-refractivity contribution in [3.63, 3.8) is 0 Å². The number of halogens is 2. The third kappa shape index (κ3) is 4.25. The molecule has 0 radical (unpaired) electrons. The van der Waals surface area contributed by atoms with E-state index in [1.807, 2.05) is 13.0 Å². The van der Waals surface area contributed by atoms with E-state index in [1.54, 1.807) is 24.3 Å². The minimum Gasteiger partial charge on any atom is -0.506 e. The van der Waals surface area contributed by atoms with Gasteiger partial charge < -0.3 is 15.2 Å². The monoisotopic (exact) mass is 472 g/mol. The molecule has 2 rings (SSSR count). The van der Waals surface area contributed by atoms with Crippen LogP contribution in [0.4, 0.5) is 5.69 Å². The van der Waals surface area contributed by atoms with Crippen molar-refractivity contribution in [2.24, 2.45) is 0 Å². The largest absolute Gasteiger partial charge is 0.506 e. The van der Waals surface area contributed by atoms with Gasteiger partial charge in [-0.1, -0.05) is 12.1 Å². The van der Waals surface area contributed by atoms with Gasteiger partial charge in [0.15, 0.2) is 5.11 Å². The molecule has 0 aliphatic rings. The number of carbonyl (C=O) groups is 1. The highest BCUT2D eigenvalue weighted by molar-refractivity contribution is 9.11. The number of benzene rings is 2. The summed E-state index contributed by atoms with van der Waals surface area (Å²) in [6.45, 7) is 1.86. The maximum Gasteiger partial charge on any atom is 0.261 e. The van der Waals surface area contributed by atoms with E-state index in [0.29, 0.717) is 25.9 Å². The summed E-state index contributed by atoms with van der Waals surface area (Å²) in [6, 6.07) is 8.59. The number of methoxy groups -OCH3 is 1. The molecule has 0 aliphatic heterocycles. The van der Waals surface area contributed by atoms with E-state index >= 15 is 0 Å². The fraction of sp³-hybridized carbons (Fsp3) is 0.125. The standard InChI is InChI=1S/C16H14Br2N2O3S/c1-8-4-3-5-10(14(8)23-2)15(22)20-16(24)19-9-6-11(17)13(21)12(18)7-9/h3-7,21H,1-2H3,(H2,19,20,22,24). The number of nitrogens with one attached hydrogen (secondary N) is 2. The van der Waals surface area contributed by atoms with Crippen molar-refractivity contribution in [1.29, 1.82) is 0 Å². The van der Waals surface area contributed by atoms with E-state index in [-0.39, 0.29) is 16.8 Å². The first-order valence-electron chi connectivity index (χ1n) is 6.77. The van der Waals surface area contributed by atoms with E-state index in [9.17, 15) is 9.90 Å². The second-order valence-electron chi connectivity index (χ2n) is 4.85. The number of aromatic hydroxyl groups is 1. The van der Waals surface area contributed by atoms with Crippen LogP contribution >= 0.6 is 44.1 Å². The molecule has 0 spiro atoms. The lowest BCUT2D eigenvalue weighted by molar-refractivity contribution is 0.0974. The first kappa shape index (κ1) is 18.7. The lowest BCUT2D eigenvalue weighted by Crippen LogP contribution is -2.34. The van der Waals surface area contributed by atoms with Crippen molar-refractivity contribution in [3.8, 4) is 11.5 Å². The number of para-hydroxylation sites is 1. The van der Waals surface area contributed by atoms with Crippen LogP contribution in [-0.4, -0.2) is 23.2 Å². The lowest BCUT2D eigenvalue weighted by Gasteiger charge is -2.13. The molecule has 0 fully saturated rings. The number of anilines is 1. The van der Waals surface area contributed by atoms with Crippen molar-refractivity contribution in [3.05, 3.63) is 50.4 Å². The lowest BCUT2D eigenvalue weighted by atomic mass is 10.1. The Morgan fingerprint density at radius 1 is 1.25 bits per heavy atom. The molecule has 8 heteroatoms. The van der Waals surface area contributed by atoms with Crippen LogP contribution in [0.3, 0.4) is 0 Å². The Morgan fingerprint density at radius 2 is 1.88 bits per heavy atom. The van der Waals surface area contributed by atoms with Crippen LogP contribution < -0.4 is 15.4 Å². The summed E-state index contributed by atoms with van der Waals surface area (Å²) in [5.74, 6) is 0.220. The fourth-order valence-corrected chi connectivity index (χ4v) is 3.47. The maximum absolute atomic E-state index is 12.4. The van der Waals surface area contributed by atoms with Crippen LogP contribution in [0.2, 0.25) is 0 Å². The molecule has 2 aromatic carbocycles. The topological polar surface area (TPSA) is 70.6 Å². The molecule has 0 heterocycles. The number of amides is 1. The van der Waals surface area contributed by atoms with E-state index in [2.05, 4.69) is 42.5 Å². The van der Waals surface area contributed by atoms with Crippen LogP contribution in [-0.2, 0) is 0 Å². The molecular formula is C16H14Br2N2O3S. The van der Waals surface area contributed by atoms with Crippen molar-refractivity contribution >= 4 is 60.8 Å². The van der Waals surface area contributed by atoms with Gasteiger partial charge in [-0.2, -0.15) is 0 Å². The van der Waals surface area contributed by atoms with Gasteiger partial charge in [0, 0.05) is 5.69 Å². The molecule has 2 aromatic rings. The Labute approximate surface area is 161 Å². The zero-order valence-corrected chi connectivity index (χ0v) is 16.8. The SMILES string of the molecule is COc1c(C)cccc1C(=O)NC(=S)Nc1cc(Br)c(O)c(Br)c1. The second kappa shape index (κ2) is 7.96. The predicted molar refractivity (Wildman–Crippen MR) is 105 cm³/mol. The highest BCUT2D eigenvalue weighted by Gasteiger charge is 2.15. The van der Waals surface area contributed by atoms with Gasteiger partial charge in [0.1, 0.15) is 11.5 Å². The minimum atomic E-state index is -0.370. The van der Waals surface area contributed by atoms with E-state index in [4.69, 9.17) is 17.0 Å². The van der Waals surface area contributed by atoms with Crippen molar-refractivity contribution in [1.82, 2.24) is 5.32 Å². The molecule has 0 saturated heterocycles. The molecule has 0 atom stereocenters. The van der Waals surface area contributed by atoms with Crippen molar-refractivity contribution in [2.75, 3.05) is 12.4 Å². The molecule has 1 amide bonds. The Bertz CT molecular complexity index is 789. The number of thiocarbonyl (C=S) groups is 1. The summed E-state index contributed by atoms with van der Waals surface area (Å²) in [4.78, 5) is 12.4. The van der Waals surface area contributed by atoms with Crippen molar-refractivity contribution in [2.45, 2.75) is 6.92 Å². The number of phenols is 1. The zero-order chi connectivity index (χ0) is 17.9. The molecule has 0 saturated carbocycles. The van der Waals surface area contributed by atoms with Gasteiger partial charge in [0.05, 0.1) is 21.6 Å². The zero-order valence-electron chi connectivity index (χ0n) is 12.8. The van der Waals surface area contributed by atoms with Gasteiger partial charge in [-0.15, -0.1) is 0 Å². The molecule has 3 N–H and O–H groups in total. The number of rotatable bonds is 3. The van der Waals surface area contributed by atoms with Crippen LogP contribution in [0.5, 0.6) is 11.5 Å². The Kier molecular flexibility index (Phi) is 6.20. The molecule has 24 heavy (non-hydrogen) atoms. The number of ether oxygens (including phenoxy) is 1. The van der Waals surface area contributed by atoms with Gasteiger partial charge in [0.25, 0.3) is 5.91 Å². The normalized spacial score (nSPS) is 10.2. The second-order valence-corrected chi connectivity index (χ2v) is 6.97. The number of aryl methyl sites for hydroxylation is 1. The predicted octanol–water partition coefficient (Wildman–Crippen LogP) is 4.36. The molecule has 0 unspecified atom stereocenters. The van der Waals surface area contributed by atoms with E-state index in [1.165, 1.54) is 7.11 Å². The Morgan fingerprint density at radius 3 is 2.46 bits per heavy atom. The van der Waals surface area contributed by atoms with E-state index in [0.717, 1.165) is 5.56 Å². The maximum atomic E-state index is 12.4. The molecule has 0 aliphatic carbocycles. The molecule has 5 nitrogen and oxygen atoms in total. The molecule has 0 aromatic heterocycles. The summed E-state index contributed by atoms with van der Waals surface area (Å²) in [6.07, 6.45) is 0. The summed E-state index contributed by atoms with van der Waals surface area (Å²) in [5.41, 5.74) is 1.86. The van der Waals surface area contributed by atoms with Gasteiger partial charge in [-0.25, -0.2) is 0 Å². The van der Waals surface area contributed by atoms with Gasteiger partial charge in [-0.3, -0.25) is 10.1 Å². The molecule has 126 valence electrons. The summed E-state index contributed by atoms with van der Waals surface area (Å²) in [7, 11) is 1.52. The smallest absolute Gasteiger partial charge is 0.261 e. The number of hydrogen-bond acceptors (Lipinski definition) is 4. The van der Waals surface area contributed by atoms with E-state index < -0.39 is 0 Å². The fourth-order valence-electron chi connectivity index (χ4n) is 2.07. The molecule has 0 bridgehead atoms. The summed E-state index contributed by atoms with van der Waals surface area (Å²) in [5, 5.41) is 15.3. The van der Waals surface area contributed by atoms with Gasteiger partial charge in [0.2, 0.25) is 0 Å². The van der Waals surface area contributed by atoms with Crippen LogP contribution in [0.1, 0.15) is 15.9 Å². The highest BCUT2D eigenvalue weighted by Crippen LogP contribution is 2.35. The minimum absolute atomic E-state index is 0.0833. The highest BCUT2D eigenvalue weighted by atomic mass is 79.9. The van der Waals surface area contributed by atoms with Crippen LogP contribution in [0.15, 0.2) is 39.3 Å². The van der Waals surface area contributed by atoms with Crippen LogP contribution in [0.25, 0.3) is 0 Å². The first-order valence-corrected chi connectivity index (χ1v) is 8.77. The third-order valence-electron chi connectivity index (χ3n) is 3.16. The van der Waals surface area contributed by atoms with Crippen LogP contribution in [0, 0.1) is 6.92 Å². The average molecular weight is 474 g/mol. The number of phenolic OH excluding ortho intramolecular Hbond substituents is 1. The first-order chi connectivity index (χ1) is 11.3. The van der Waals surface area contributed by atoms with Gasteiger partial charge >= 0.3 is 0 Å². The third-order valence-corrected chi connectivity index (χ3v) is 4.58. The Balaban J connectivity index is 2.13. The van der Waals surface area contributed by atoms with Gasteiger partial charge in [-0.05, 0) is 74.8 Å². The molecular weight excluding hydrogens is 460 g/mol. The quantitative estimate of drug-likeness (QED) is 0.456. The van der Waals surface area contributed by atoms with Crippen molar-refractivity contribution < 1.29 is 14.6 Å². The number of hydrogen-bond donors (Lipinski definition) is 3. The number of carbonyl (C=O) groups excluding carboxylic acids is 1. The summed E-state index contributed by atoms with van der Waals surface area (Å²) < 4.78 is 6.27. The summed E-state index contributed by atoms with van der Waals surface area (Å²) >= 11 is 11.6. The average Bonchev–Trinajstić information content (AvgIpc) is 2.52. The Hall–Kier alpha value is -1.64.